The summed E-state index contributed by atoms with van der Waals surface area (Å²) in [7, 11) is 1.38. The molecule has 20 heavy (non-hydrogen) atoms. The van der Waals surface area contributed by atoms with E-state index in [-0.39, 0.29) is 18.6 Å². The van der Waals surface area contributed by atoms with Crippen molar-refractivity contribution in [3.63, 3.8) is 0 Å². The molecule has 0 saturated heterocycles. The number of carbonyl (C=O) groups excluding carboxylic acids is 1. The number of methoxy groups -OCH3 is 1. The lowest BCUT2D eigenvalue weighted by Crippen LogP contribution is -2.32. The molecular weight excluding hydrogens is 322 g/mol. The van der Waals surface area contributed by atoms with Crippen molar-refractivity contribution in [3.8, 4) is 5.75 Å². The van der Waals surface area contributed by atoms with Crippen LogP contribution in [0.1, 0.15) is 26.3 Å². The van der Waals surface area contributed by atoms with E-state index in [0.29, 0.717) is 6.42 Å². The quantitative estimate of drug-likeness (QED) is 0.806. The van der Waals surface area contributed by atoms with Gasteiger partial charge in [0, 0.05) is 6.04 Å². The average Bonchev–Trinajstić information content (AvgIpc) is 2.36. The SMILES string of the molecule is COC(=O)C(C)(C)COc1c(Br)cccc1CC(C)N. The van der Waals surface area contributed by atoms with Crippen molar-refractivity contribution in [1.29, 1.82) is 0 Å². The van der Waals surface area contributed by atoms with E-state index in [1.165, 1.54) is 7.11 Å². The van der Waals surface area contributed by atoms with Crippen LogP contribution >= 0.6 is 15.9 Å². The lowest BCUT2D eigenvalue weighted by Gasteiger charge is -2.23. The maximum absolute atomic E-state index is 11.7. The van der Waals surface area contributed by atoms with Crippen molar-refractivity contribution in [2.75, 3.05) is 13.7 Å². The van der Waals surface area contributed by atoms with Crippen LogP contribution in [-0.4, -0.2) is 25.7 Å². The van der Waals surface area contributed by atoms with Crippen LogP contribution in [0.4, 0.5) is 0 Å². The Morgan fingerprint density at radius 2 is 2.10 bits per heavy atom. The lowest BCUT2D eigenvalue weighted by atomic mass is 9.95. The van der Waals surface area contributed by atoms with Gasteiger partial charge in [0.05, 0.1) is 17.0 Å². The molecule has 0 aliphatic heterocycles. The van der Waals surface area contributed by atoms with Crippen molar-refractivity contribution in [2.45, 2.75) is 33.2 Å². The first-order valence-corrected chi connectivity index (χ1v) is 7.31. The van der Waals surface area contributed by atoms with Gasteiger partial charge in [-0.2, -0.15) is 0 Å². The maximum Gasteiger partial charge on any atom is 0.314 e. The largest absolute Gasteiger partial charge is 0.491 e. The summed E-state index contributed by atoms with van der Waals surface area (Å²) < 4.78 is 11.5. The number of hydrogen-bond donors (Lipinski definition) is 1. The molecule has 112 valence electrons. The minimum atomic E-state index is -0.699. The van der Waals surface area contributed by atoms with Crippen molar-refractivity contribution in [2.24, 2.45) is 11.1 Å². The second-order valence-corrected chi connectivity index (χ2v) is 6.43. The van der Waals surface area contributed by atoms with Crippen LogP contribution < -0.4 is 10.5 Å². The number of esters is 1. The fraction of sp³-hybridized carbons (Fsp3) is 0.533. The normalized spacial score (nSPS) is 12.9. The minimum Gasteiger partial charge on any atom is -0.491 e. The van der Waals surface area contributed by atoms with E-state index in [9.17, 15) is 4.79 Å². The van der Waals surface area contributed by atoms with Gasteiger partial charge in [0.25, 0.3) is 0 Å². The van der Waals surface area contributed by atoms with Gasteiger partial charge in [0.15, 0.2) is 0 Å². The molecule has 2 N–H and O–H groups in total. The van der Waals surface area contributed by atoms with Crippen molar-refractivity contribution in [3.05, 3.63) is 28.2 Å². The molecule has 0 radical (unpaired) electrons. The Hall–Kier alpha value is -1.07. The molecule has 1 atom stereocenters. The smallest absolute Gasteiger partial charge is 0.314 e. The van der Waals surface area contributed by atoms with Gasteiger partial charge in [-0.25, -0.2) is 0 Å². The zero-order valence-electron chi connectivity index (χ0n) is 12.4. The number of para-hydroxylation sites is 1. The summed E-state index contributed by atoms with van der Waals surface area (Å²) in [6.45, 7) is 5.78. The Labute approximate surface area is 128 Å². The predicted octanol–water partition coefficient (Wildman–Crippen LogP) is 2.92. The molecule has 0 spiro atoms. The first-order chi connectivity index (χ1) is 9.27. The molecule has 1 aromatic carbocycles. The highest BCUT2D eigenvalue weighted by atomic mass is 79.9. The second-order valence-electron chi connectivity index (χ2n) is 5.57. The monoisotopic (exact) mass is 343 g/mol. The molecule has 0 amide bonds. The number of rotatable bonds is 6. The van der Waals surface area contributed by atoms with Gasteiger partial charge < -0.3 is 15.2 Å². The Balaban J connectivity index is 2.89. The van der Waals surface area contributed by atoms with Gasteiger partial charge >= 0.3 is 5.97 Å². The summed E-state index contributed by atoms with van der Waals surface area (Å²) >= 11 is 3.48. The molecule has 0 aromatic heterocycles. The topological polar surface area (TPSA) is 61.5 Å². The van der Waals surface area contributed by atoms with Crippen LogP contribution in [-0.2, 0) is 16.0 Å². The third-order valence-electron chi connectivity index (χ3n) is 2.91. The first kappa shape index (κ1) is 17.0. The summed E-state index contributed by atoms with van der Waals surface area (Å²) in [5, 5.41) is 0. The summed E-state index contributed by atoms with van der Waals surface area (Å²) in [5.74, 6) is 0.445. The zero-order chi connectivity index (χ0) is 15.3. The van der Waals surface area contributed by atoms with E-state index in [2.05, 4.69) is 15.9 Å². The van der Waals surface area contributed by atoms with E-state index >= 15 is 0 Å². The minimum absolute atomic E-state index is 0.0419. The molecule has 0 fully saturated rings. The van der Waals surface area contributed by atoms with Gasteiger partial charge in [-0.1, -0.05) is 12.1 Å². The average molecular weight is 344 g/mol. The summed E-state index contributed by atoms with van der Waals surface area (Å²) in [6, 6.07) is 5.88. The van der Waals surface area contributed by atoms with Gasteiger partial charge in [-0.05, 0) is 54.8 Å². The van der Waals surface area contributed by atoms with Crippen LogP contribution in [0.2, 0.25) is 0 Å². The highest BCUT2D eigenvalue weighted by Crippen LogP contribution is 2.31. The molecule has 1 rings (SSSR count). The Morgan fingerprint density at radius 3 is 2.65 bits per heavy atom. The fourth-order valence-corrected chi connectivity index (χ4v) is 2.33. The zero-order valence-corrected chi connectivity index (χ0v) is 14.0. The fourth-order valence-electron chi connectivity index (χ4n) is 1.81. The van der Waals surface area contributed by atoms with Crippen LogP contribution in [0.15, 0.2) is 22.7 Å². The number of nitrogens with two attached hydrogens (primary N) is 1. The number of halogens is 1. The highest BCUT2D eigenvalue weighted by Gasteiger charge is 2.30. The number of carbonyl (C=O) groups is 1. The summed E-state index contributed by atoms with van der Waals surface area (Å²) in [5.41, 5.74) is 6.17. The third-order valence-corrected chi connectivity index (χ3v) is 3.53. The molecule has 0 heterocycles. The van der Waals surface area contributed by atoms with E-state index in [1.54, 1.807) is 13.8 Å². The van der Waals surface area contributed by atoms with Crippen molar-refractivity contribution >= 4 is 21.9 Å². The van der Waals surface area contributed by atoms with Crippen LogP contribution in [0.5, 0.6) is 5.75 Å². The number of hydrogen-bond acceptors (Lipinski definition) is 4. The van der Waals surface area contributed by atoms with Crippen LogP contribution in [0.25, 0.3) is 0 Å². The highest BCUT2D eigenvalue weighted by molar-refractivity contribution is 9.10. The Kier molecular flexibility index (Phi) is 6.02. The lowest BCUT2D eigenvalue weighted by molar-refractivity contribution is -0.152. The maximum atomic E-state index is 11.7. The summed E-state index contributed by atoms with van der Waals surface area (Å²) in [4.78, 5) is 11.7. The first-order valence-electron chi connectivity index (χ1n) is 6.52. The molecule has 0 aliphatic rings. The standard InChI is InChI=1S/C15H22BrNO3/c1-10(17)8-11-6-5-7-12(16)13(11)20-9-15(2,3)14(18)19-4/h5-7,10H,8-9,17H2,1-4H3. The number of ether oxygens (including phenoxy) is 2. The van der Waals surface area contributed by atoms with Crippen LogP contribution in [0, 0.1) is 5.41 Å². The van der Waals surface area contributed by atoms with Gasteiger partial charge in [0.1, 0.15) is 12.4 Å². The van der Waals surface area contributed by atoms with Gasteiger partial charge in [-0.15, -0.1) is 0 Å². The molecule has 1 unspecified atom stereocenters. The molecule has 4 nitrogen and oxygen atoms in total. The van der Waals surface area contributed by atoms with E-state index < -0.39 is 5.41 Å². The van der Waals surface area contributed by atoms with Crippen LogP contribution in [0.3, 0.4) is 0 Å². The van der Waals surface area contributed by atoms with Crippen molar-refractivity contribution < 1.29 is 14.3 Å². The van der Waals surface area contributed by atoms with E-state index in [0.717, 1.165) is 15.8 Å². The molecule has 0 saturated carbocycles. The molecule has 5 heteroatoms. The Bertz CT molecular complexity index is 472. The second kappa shape index (κ2) is 7.09. The molecule has 1 aromatic rings. The molecular formula is C15H22BrNO3. The number of benzene rings is 1. The van der Waals surface area contributed by atoms with E-state index in [1.807, 2.05) is 25.1 Å². The summed E-state index contributed by atoms with van der Waals surface area (Å²) in [6.07, 6.45) is 0.716. The van der Waals surface area contributed by atoms with E-state index in [4.69, 9.17) is 15.2 Å². The third kappa shape index (κ3) is 4.49. The Morgan fingerprint density at radius 1 is 1.45 bits per heavy atom. The van der Waals surface area contributed by atoms with Crippen molar-refractivity contribution in [1.82, 2.24) is 0 Å². The van der Waals surface area contributed by atoms with Gasteiger partial charge in [-0.3, -0.25) is 4.79 Å². The van der Waals surface area contributed by atoms with Gasteiger partial charge in [0.2, 0.25) is 0 Å². The predicted molar refractivity (Wildman–Crippen MR) is 82.8 cm³/mol. The molecule has 0 bridgehead atoms. The molecule has 0 aliphatic carbocycles.